The Morgan fingerprint density at radius 1 is 1.24 bits per heavy atom. The van der Waals surface area contributed by atoms with E-state index in [1.807, 2.05) is 0 Å². The highest BCUT2D eigenvalue weighted by atomic mass is 16.5. The first kappa shape index (κ1) is 14.5. The first-order valence-electron chi connectivity index (χ1n) is 7.87. The Balaban J connectivity index is 1.74. The van der Waals surface area contributed by atoms with Gasteiger partial charge in [0.15, 0.2) is 0 Å². The van der Waals surface area contributed by atoms with Crippen molar-refractivity contribution in [2.75, 3.05) is 6.61 Å². The molecule has 1 aromatic rings. The summed E-state index contributed by atoms with van der Waals surface area (Å²) in [6, 6.07) is 0. The summed E-state index contributed by atoms with van der Waals surface area (Å²) in [4.78, 5) is 16.2. The summed E-state index contributed by atoms with van der Waals surface area (Å²) in [5, 5.41) is 13.7. The number of aliphatic carboxylic acids is 1. The Labute approximate surface area is 123 Å². The number of aromatic nitrogens is 2. The molecule has 21 heavy (non-hydrogen) atoms. The van der Waals surface area contributed by atoms with Crippen LogP contribution in [0.15, 0.2) is 4.52 Å². The van der Waals surface area contributed by atoms with E-state index in [9.17, 15) is 9.90 Å². The highest BCUT2D eigenvalue weighted by molar-refractivity contribution is 5.74. The zero-order valence-corrected chi connectivity index (χ0v) is 12.2. The Hall–Kier alpha value is -1.43. The molecule has 0 spiro atoms. The average Bonchev–Trinajstić information content (AvgIpc) is 3.07. The van der Waals surface area contributed by atoms with E-state index in [1.165, 1.54) is 0 Å². The highest BCUT2D eigenvalue weighted by Crippen LogP contribution is 2.38. The molecular formula is C15H22N2O4. The predicted octanol–water partition coefficient (Wildman–Crippen LogP) is 2.89. The molecule has 116 valence electrons. The maximum absolute atomic E-state index is 11.8. The van der Waals surface area contributed by atoms with Gasteiger partial charge in [-0.3, -0.25) is 4.79 Å². The third kappa shape index (κ3) is 3.10. The zero-order chi connectivity index (χ0) is 14.7. The lowest BCUT2D eigenvalue weighted by Crippen LogP contribution is -2.33. The molecule has 1 N–H and O–H groups in total. The van der Waals surface area contributed by atoms with Gasteiger partial charge >= 0.3 is 5.97 Å². The summed E-state index contributed by atoms with van der Waals surface area (Å²) >= 11 is 0. The highest BCUT2D eigenvalue weighted by Gasteiger charge is 2.40. The first-order valence-corrected chi connectivity index (χ1v) is 7.87. The Kier molecular flexibility index (Phi) is 4.24. The molecule has 1 atom stereocenters. The SMILES string of the molecule is O=C(O)C1(Cc2nc(C3CCCO3)no2)CCCCCC1. The maximum Gasteiger partial charge on any atom is 0.310 e. The lowest BCUT2D eigenvalue weighted by Gasteiger charge is -2.26. The normalized spacial score (nSPS) is 25.6. The number of hydrogen-bond donors (Lipinski definition) is 1. The van der Waals surface area contributed by atoms with Crippen LogP contribution >= 0.6 is 0 Å². The molecule has 2 heterocycles. The lowest BCUT2D eigenvalue weighted by atomic mass is 9.77. The fraction of sp³-hybridized carbons (Fsp3) is 0.800. The molecule has 3 rings (SSSR count). The van der Waals surface area contributed by atoms with Crippen molar-refractivity contribution in [2.24, 2.45) is 5.41 Å². The molecule has 1 saturated heterocycles. The minimum Gasteiger partial charge on any atom is -0.481 e. The van der Waals surface area contributed by atoms with Crippen LogP contribution in [0.4, 0.5) is 0 Å². The van der Waals surface area contributed by atoms with E-state index in [0.29, 0.717) is 31.0 Å². The van der Waals surface area contributed by atoms with Crippen molar-refractivity contribution in [1.29, 1.82) is 0 Å². The number of carboxylic acid groups (broad SMARTS) is 1. The van der Waals surface area contributed by atoms with Crippen molar-refractivity contribution in [1.82, 2.24) is 10.1 Å². The van der Waals surface area contributed by atoms with Crippen LogP contribution in [0.3, 0.4) is 0 Å². The number of nitrogens with zero attached hydrogens (tertiary/aromatic N) is 2. The third-order valence-electron chi connectivity index (χ3n) is 4.71. The van der Waals surface area contributed by atoms with Crippen molar-refractivity contribution in [2.45, 2.75) is 63.9 Å². The molecule has 1 unspecified atom stereocenters. The molecular weight excluding hydrogens is 272 g/mol. The molecule has 1 aliphatic carbocycles. The van der Waals surface area contributed by atoms with Gasteiger partial charge in [0.05, 0.1) is 5.41 Å². The molecule has 2 fully saturated rings. The molecule has 1 aromatic heterocycles. The summed E-state index contributed by atoms with van der Waals surface area (Å²) < 4.78 is 10.8. The Bertz CT molecular complexity index is 486. The zero-order valence-electron chi connectivity index (χ0n) is 12.2. The van der Waals surface area contributed by atoms with E-state index in [1.54, 1.807) is 0 Å². The van der Waals surface area contributed by atoms with E-state index >= 15 is 0 Å². The van der Waals surface area contributed by atoms with Crippen molar-refractivity contribution in [3.05, 3.63) is 11.7 Å². The average molecular weight is 294 g/mol. The summed E-state index contributed by atoms with van der Waals surface area (Å²) in [6.07, 6.45) is 7.69. The van der Waals surface area contributed by atoms with Crippen LogP contribution in [0.1, 0.15) is 69.2 Å². The standard InChI is InChI=1S/C15H22N2O4/c18-14(19)15(7-3-1-2-4-8-15)10-12-16-13(17-21-12)11-6-5-9-20-11/h11H,1-10H2,(H,18,19). The minimum absolute atomic E-state index is 0.0857. The van der Waals surface area contributed by atoms with Gasteiger partial charge in [-0.05, 0) is 25.7 Å². The number of carbonyl (C=O) groups is 1. The van der Waals surface area contributed by atoms with Gasteiger partial charge in [0.2, 0.25) is 11.7 Å². The lowest BCUT2D eigenvalue weighted by molar-refractivity contribution is -0.150. The smallest absolute Gasteiger partial charge is 0.310 e. The number of hydrogen-bond acceptors (Lipinski definition) is 5. The second kappa shape index (κ2) is 6.13. The molecule has 1 aliphatic heterocycles. The summed E-state index contributed by atoms with van der Waals surface area (Å²) in [5.74, 6) is 0.266. The van der Waals surface area contributed by atoms with Gasteiger partial charge in [-0.15, -0.1) is 0 Å². The largest absolute Gasteiger partial charge is 0.481 e. The van der Waals surface area contributed by atoms with Crippen LogP contribution in [0.5, 0.6) is 0 Å². The second-order valence-corrected chi connectivity index (χ2v) is 6.22. The van der Waals surface area contributed by atoms with Crippen LogP contribution in [0.25, 0.3) is 0 Å². The topological polar surface area (TPSA) is 85.5 Å². The van der Waals surface area contributed by atoms with Crippen LogP contribution in [0.2, 0.25) is 0 Å². The fourth-order valence-corrected chi connectivity index (χ4v) is 3.41. The number of ether oxygens (including phenoxy) is 1. The molecule has 0 aromatic carbocycles. The van der Waals surface area contributed by atoms with Gasteiger partial charge in [-0.2, -0.15) is 4.98 Å². The van der Waals surface area contributed by atoms with E-state index in [4.69, 9.17) is 9.26 Å². The van der Waals surface area contributed by atoms with Crippen molar-refractivity contribution in [3.63, 3.8) is 0 Å². The van der Waals surface area contributed by atoms with Crippen molar-refractivity contribution < 1.29 is 19.2 Å². The summed E-state index contributed by atoms with van der Waals surface area (Å²) in [6.45, 7) is 0.730. The first-order chi connectivity index (χ1) is 10.2. The van der Waals surface area contributed by atoms with Gasteiger partial charge in [-0.1, -0.05) is 30.8 Å². The molecule has 0 amide bonds. The number of carboxylic acids is 1. The van der Waals surface area contributed by atoms with Crippen molar-refractivity contribution in [3.8, 4) is 0 Å². The van der Waals surface area contributed by atoms with E-state index in [2.05, 4.69) is 10.1 Å². The summed E-state index contributed by atoms with van der Waals surface area (Å²) in [5.41, 5.74) is -0.739. The number of rotatable bonds is 4. The van der Waals surface area contributed by atoms with E-state index in [0.717, 1.165) is 45.1 Å². The van der Waals surface area contributed by atoms with Gasteiger partial charge < -0.3 is 14.4 Å². The third-order valence-corrected chi connectivity index (χ3v) is 4.71. The molecule has 1 saturated carbocycles. The second-order valence-electron chi connectivity index (χ2n) is 6.22. The molecule has 0 radical (unpaired) electrons. The van der Waals surface area contributed by atoms with Gasteiger partial charge in [0.1, 0.15) is 6.10 Å². The van der Waals surface area contributed by atoms with Gasteiger partial charge in [0.25, 0.3) is 0 Å². The van der Waals surface area contributed by atoms with Crippen LogP contribution in [-0.2, 0) is 16.0 Å². The van der Waals surface area contributed by atoms with Crippen LogP contribution < -0.4 is 0 Å². The minimum atomic E-state index is -0.739. The van der Waals surface area contributed by atoms with Gasteiger partial charge in [0, 0.05) is 13.0 Å². The molecule has 2 aliphatic rings. The predicted molar refractivity (Wildman–Crippen MR) is 73.7 cm³/mol. The van der Waals surface area contributed by atoms with E-state index < -0.39 is 11.4 Å². The van der Waals surface area contributed by atoms with Crippen LogP contribution in [0, 0.1) is 5.41 Å². The van der Waals surface area contributed by atoms with Crippen molar-refractivity contribution >= 4 is 5.97 Å². The monoisotopic (exact) mass is 294 g/mol. The van der Waals surface area contributed by atoms with Gasteiger partial charge in [-0.25, -0.2) is 0 Å². The fourth-order valence-electron chi connectivity index (χ4n) is 3.41. The Morgan fingerprint density at radius 3 is 2.62 bits per heavy atom. The maximum atomic E-state index is 11.8. The molecule has 0 bridgehead atoms. The van der Waals surface area contributed by atoms with Crippen LogP contribution in [-0.4, -0.2) is 27.8 Å². The Morgan fingerprint density at radius 2 is 2.00 bits per heavy atom. The molecule has 6 heteroatoms. The molecule has 6 nitrogen and oxygen atoms in total. The summed E-state index contributed by atoms with van der Waals surface area (Å²) in [7, 11) is 0. The van der Waals surface area contributed by atoms with E-state index in [-0.39, 0.29) is 6.10 Å². The quantitative estimate of drug-likeness (QED) is 0.859.